The van der Waals surface area contributed by atoms with Crippen molar-refractivity contribution in [3.63, 3.8) is 0 Å². The number of nitro groups is 1. The quantitative estimate of drug-likeness (QED) is 0.225. The Kier molecular flexibility index (Phi) is 5.88. The molecular weight excluding hydrogens is 432 g/mol. The molecule has 34 heavy (non-hydrogen) atoms. The zero-order chi connectivity index (χ0) is 23.7. The maximum atomic E-state index is 12.9. The molecule has 8 nitrogen and oxygen atoms in total. The lowest BCUT2D eigenvalue weighted by molar-refractivity contribution is -0.383. The van der Waals surface area contributed by atoms with Crippen LogP contribution >= 0.6 is 0 Å². The number of anilines is 3. The molecule has 3 aromatic carbocycles. The second-order valence-electron chi connectivity index (χ2n) is 8.85. The lowest BCUT2D eigenvalue weighted by Gasteiger charge is -2.19. The Bertz CT molecular complexity index is 1250. The van der Waals surface area contributed by atoms with Gasteiger partial charge < -0.3 is 10.6 Å². The number of carbonyl (C=O) groups is 2. The molecule has 0 unspecified atom stereocenters. The molecule has 5 rings (SSSR count). The number of amides is 2. The number of carbonyl (C=O) groups excluding carboxylic acids is 2. The molecule has 2 N–H and O–H groups in total. The van der Waals surface area contributed by atoms with E-state index >= 15 is 0 Å². The monoisotopic (exact) mass is 458 g/mol. The molecule has 0 aromatic heterocycles. The third-order valence-corrected chi connectivity index (χ3v) is 6.82. The summed E-state index contributed by atoms with van der Waals surface area (Å²) in [6.07, 6.45) is 3.28. The van der Waals surface area contributed by atoms with Crippen LogP contribution in [0.5, 0.6) is 0 Å². The summed E-state index contributed by atoms with van der Waals surface area (Å²) in [4.78, 5) is 38.2. The number of imide groups is 1. The molecule has 2 atom stereocenters. The van der Waals surface area contributed by atoms with Gasteiger partial charge in [-0.3, -0.25) is 19.7 Å². The van der Waals surface area contributed by atoms with Gasteiger partial charge in [-0.15, -0.1) is 0 Å². The number of rotatable bonds is 7. The fraction of sp³-hybridized carbons (Fsp3) is 0.308. The Hall–Kier alpha value is -3.94. The number of nitrogens with zero attached hydrogens (tertiary/aromatic N) is 2. The SMILES string of the molecule is O=C1[C@H]2CCCC[C@H]2C(=O)N1c1ccc(NCCNc2cccc3ccccc23)c([N+](=O)[O-])c1. The standard InChI is InChI=1S/C26H26N4O4/c31-25-20-9-3-4-10-21(20)26(32)29(25)18-12-13-23(24(16-18)30(33)34)28-15-14-27-22-11-5-7-17-6-1-2-8-19(17)22/h1-2,5-8,11-13,16,20-21,27-28H,3-4,9-10,14-15H2/t20-,21+. The van der Waals surface area contributed by atoms with Gasteiger partial charge in [0, 0.05) is 30.2 Å². The van der Waals surface area contributed by atoms with Crippen molar-refractivity contribution in [3.8, 4) is 0 Å². The summed E-state index contributed by atoms with van der Waals surface area (Å²) in [6, 6.07) is 18.6. The summed E-state index contributed by atoms with van der Waals surface area (Å²) in [7, 11) is 0. The summed E-state index contributed by atoms with van der Waals surface area (Å²) in [5.41, 5.74) is 1.47. The third-order valence-electron chi connectivity index (χ3n) is 6.82. The molecule has 1 saturated carbocycles. The Labute approximate surface area is 197 Å². The molecule has 2 aliphatic rings. The van der Waals surface area contributed by atoms with Crippen molar-refractivity contribution in [2.24, 2.45) is 11.8 Å². The van der Waals surface area contributed by atoms with Crippen LogP contribution in [-0.2, 0) is 9.59 Å². The number of nitro benzene ring substituents is 1. The lowest BCUT2D eigenvalue weighted by atomic mass is 9.81. The lowest BCUT2D eigenvalue weighted by Crippen LogP contribution is -2.30. The smallest absolute Gasteiger partial charge is 0.294 e. The fourth-order valence-electron chi connectivity index (χ4n) is 5.15. The molecule has 0 radical (unpaired) electrons. The van der Waals surface area contributed by atoms with E-state index in [1.54, 1.807) is 12.1 Å². The Balaban J connectivity index is 1.29. The third kappa shape index (κ3) is 3.96. The van der Waals surface area contributed by atoms with E-state index < -0.39 is 4.92 Å². The second kappa shape index (κ2) is 9.13. The molecule has 1 heterocycles. The number of fused-ring (bicyclic) bond motifs is 2. The van der Waals surface area contributed by atoms with E-state index in [1.165, 1.54) is 6.07 Å². The van der Waals surface area contributed by atoms with Gasteiger partial charge in [-0.1, -0.05) is 49.2 Å². The van der Waals surface area contributed by atoms with E-state index in [0.29, 0.717) is 31.6 Å². The Morgan fingerprint density at radius 3 is 2.21 bits per heavy atom. The van der Waals surface area contributed by atoms with Gasteiger partial charge >= 0.3 is 0 Å². The zero-order valence-corrected chi connectivity index (χ0v) is 18.7. The van der Waals surface area contributed by atoms with Crippen LogP contribution in [0.2, 0.25) is 0 Å². The molecule has 174 valence electrons. The number of hydrogen-bond acceptors (Lipinski definition) is 6. The van der Waals surface area contributed by atoms with E-state index in [-0.39, 0.29) is 35.0 Å². The van der Waals surface area contributed by atoms with Crippen molar-refractivity contribution in [1.82, 2.24) is 0 Å². The normalized spacial score (nSPS) is 19.8. The van der Waals surface area contributed by atoms with E-state index in [4.69, 9.17) is 0 Å². The minimum atomic E-state index is -0.484. The van der Waals surface area contributed by atoms with Gasteiger partial charge in [0.05, 0.1) is 22.4 Å². The van der Waals surface area contributed by atoms with Crippen molar-refractivity contribution >= 4 is 45.3 Å². The zero-order valence-electron chi connectivity index (χ0n) is 18.7. The van der Waals surface area contributed by atoms with Crippen LogP contribution < -0.4 is 15.5 Å². The van der Waals surface area contributed by atoms with E-state index in [2.05, 4.69) is 22.8 Å². The van der Waals surface area contributed by atoms with Gasteiger partial charge in [0.15, 0.2) is 0 Å². The van der Waals surface area contributed by atoms with Gasteiger partial charge in [0.1, 0.15) is 5.69 Å². The topological polar surface area (TPSA) is 105 Å². The predicted molar refractivity (Wildman–Crippen MR) is 132 cm³/mol. The number of nitrogens with one attached hydrogen (secondary N) is 2. The van der Waals surface area contributed by atoms with Crippen molar-refractivity contribution in [3.05, 3.63) is 70.8 Å². The molecule has 8 heteroatoms. The van der Waals surface area contributed by atoms with E-state index in [0.717, 1.165) is 34.2 Å². The van der Waals surface area contributed by atoms with Crippen molar-refractivity contribution in [1.29, 1.82) is 0 Å². The highest BCUT2D eigenvalue weighted by molar-refractivity contribution is 6.22. The summed E-state index contributed by atoms with van der Waals surface area (Å²) in [5, 5.41) is 20.5. The molecule has 0 bridgehead atoms. The van der Waals surface area contributed by atoms with Gasteiger partial charge in [-0.2, -0.15) is 0 Å². The average molecular weight is 459 g/mol. The van der Waals surface area contributed by atoms with E-state index in [1.807, 2.05) is 30.3 Å². The molecule has 1 aliphatic heterocycles. The summed E-state index contributed by atoms with van der Waals surface area (Å²) >= 11 is 0. The van der Waals surface area contributed by atoms with Crippen molar-refractivity contribution < 1.29 is 14.5 Å². The molecular formula is C26H26N4O4. The van der Waals surface area contributed by atoms with Gasteiger partial charge in [0.2, 0.25) is 11.8 Å². The maximum Gasteiger partial charge on any atom is 0.294 e. The van der Waals surface area contributed by atoms with Crippen LogP contribution in [0.25, 0.3) is 10.8 Å². The molecule has 2 amide bonds. The van der Waals surface area contributed by atoms with Gasteiger partial charge in [-0.05, 0) is 36.4 Å². The molecule has 0 spiro atoms. The first-order chi connectivity index (χ1) is 16.5. The van der Waals surface area contributed by atoms with Crippen LogP contribution in [0.3, 0.4) is 0 Å². The van der Waals surface area contributed by atoms with Crippen LogP contribution in [0.4, 0.5) is 22.7 Å². The first-order valence-electron chi connectivity index (χ1n) is 11.7. The average Bonchev–Trinajstić information content (AvgIpc) is 3.12. The fourth-order valence-corrected chi connectivity index (χ4v) is 5.15. The first kappa shape index (κ1) is 21.9. The van der Waals surface area contributed by atoms with Crippen molar-refractivity contribution in [2.75, 3.05) is 28.6 Å². The minimum absolute atomic E-state index is 0.155. The minimum Gasteiger partial charge on any atom is -0.383 e. The maximum absolute atomic E-state index is 12.9. The summed E-state index contributed by atoms with van der Waals surface area (Å²) in [5.74, 6) is -1.05. The number of benzene rings is 3. The largest absolute Gasteiger partial charge is 0.383 e. The molecule has 2 fully saturated rings. The predicted octanol–water partition coefficient (Wildman–Crippen LogP) is 4.95. The van der Waals surface area contributed by atoms with Gasteiger partial charge in [-0.25, -0.2) is 4.90 Å². The summed E-state index contributed by atoms with van der Waals surface area (Å²) < 4.78 is 0. The van der Waals surface area contributed by atoms with Crippen molar-refractivity contribution in [2.45, 2.75) is 25.7 Å². The highest BCUT2D eigenvalue weighted by Gasteiger charge is 2.49. The number of hydrogen-bond donors (Lipinski definition) is 2. The Morgan fingerprint density at radius 1 is 0.853 bits per heavy atom. The van der Waals surface area contributed by atoms with Crippen LogP contribution in [-0.4, -0.2) is 29.8 Å². The van der Waals surface area contributed by atoms with E-state index in [9.17, 15) is 19.7 Å². The Morgan fingerprint density at radius 2 is 1.50 bits per heavy atom. The summed E-state index contributed by atoms with van der Waals surface area (Å²) in [6.45, 7) is 1.01. The molecule has 3 aromatic rings. The van der Waals surface area contributed by atoms with Crippen LogP contribution in [0.1, 0.15) is 25.7 Å². The molecule has 1 saturated heterocycles. The second-order valence-corrected chi connectivity index (χ2v) is 8.85. The van der Waals surface area contributed by atoms with Crippen LogP contribution in [0.15, 0.2) is 60.7 Å². The first-order valence-corrected chi connectivity index (χ1v) is 11.7. The highest BCUT2D eigenvalue weighted by atomic mass is 16.6. The highest BCUT2D eigenvalue weighted by Crippen LogP contribution is 2.41. The van der Waals surface area contributed by atoms with Crippen LogP contribution in [0, 0.1) is 22.0 Å². The molecule has 1 aliphatic carbocycles. The van der Waals surface area contributed by atoms with Gasteiger partial charge in [0.25, 0.3) is 5.69 Å².